The van der Waals surface area contributed by atoms with E-state index in [-0.39, 0.29) is 10.8 Å². The summed E-state index contributed by atoms with van der Waals surface area (Å²) in [5.41, 5.74) is 0.846. The lowest BCUT2D eigenvalue weighted by atomic mass is 10.0. The molecule has 20 heavy (non-hydrogen) atoms. The standard InChI is InChI=1S/C14H21ClO4S/c1-11(2)13-10-12(20(15,16)17)6-7-14(13)19-9-5-4-8-18-3/h6-7,10-11H,4-5,8-9H2,1-3H3. The second kappa shape index (κ2) is 7.86. The molecule has 6 heteroatoms. The summed E-state index contributed by atoms with van der Waals surface area (Å²) in [6.07, 6.45) is 1.82. The summed E-state index contributed by atoms with van der Waals surface area (Å²) < 4.78 is 33.4. The zero-order chi connectivity index (χ0) is 15.2. The molecule has 4 nitrogen and oxygen atoms in total. The van der Waals surface area contributed by atoms with E-state index in [0.29, 0.717) is 19.0 Å². The number of hydrogen-bond donors (Lipinski definition) is 0. The molecule has 0 saturated heterocycles. The number of halogens is 1. The van der Waals surface area contributed by atoms with E-state index in [1.165, 1.54) is 6.07 Å². The molecule has 0 amide bonds. The van der Waals surface area contributed by atoms with Crippen LogP contribution in [-0.2, 0) is 13.8 Å². The normalized spacial score (nSPS) is 11.8. The fourth-order valence-electron chi connectivity index (χ4n) is 1.79. The molecular weight excluding hydrogens is 300 g/mol. The number of unbranched alkanes of at least 4 members (excludes halogenated alkanes) is 1. The van der Waals surface area contributed by atoms with Crippen molar-refractivity contribution in [3.8, 4) is 5.75 Å². The van der Waals surface area contributed by atoms with Gasteiger partial charge in [-0.2, -0.15) is 0 Å². The van der Waals surface area contributed by atoms with Gasteiger partial charge in [-0.25, -0.2) is 8.42 Å². The molecule has 0 saturated carbocycles. The minimum absolute atomic E-state index is 0.106. The highest BCUT2D eigenvalue weighted by molar-refractivity contribution is 8.13. The number of hydrogen-bond acceptors (Lipinski definition) is 4. The van der Waals surface area contributed by atoms with Crippen LogP contribution in [0.15, 0.2) is 23.1 Å². The Hall–Kier alpha value is -0.780. The van der Waals surface area contributed by atoms with Crippen molar-refractivity contribution in [1.82, 2.24) is 0 Å². The van der Waals surface area contributed by atoms with Crippen LogP contribution in [0.4, 0.5) is 0 Å². The SMILES string of the molecule is COCCCCOc1ccc(S(=O)(=O)Cl)cc1C(C)C. The van der Waals surface area contributed by atoms with Crippen molar-refractivity contribution in [2.75, 3.05) is 20.3 Å². The predicted molar refractivity (Wildman–Crippen MR) is 80.2 cm³/mol. The molecule has 0 aliphatic carbocycles. The van der Waals surface area contributed by atoms with E-state index in [0.717, 1.165) is 18.4 Å². The van der Waals surface area contributed by atoms with Crippen molar-refractivity contribution in [1.29, 1.82) is 0 Å². The molecular formula is C14H21ClO4S. The highest BCUT2D eigenvalue weighted by Gasteiger charge is 2.15. The maximum Gasteiger partial charge on any atom is 0.261 e. The molecule has 1 aromatic carbocycles. The van der Waals surface area contributed by atoms with Crippen LogP contribution < -0.4 is 4.74 Å². The summed E-state index contributed by atoms with van der Waals surface area (Å²) in [6, 6.07) is 4.72. The lowest BCUT2D eigenvalue weighted by Crippen LogP contribution is -2.04. The second-order valence-corrected chi connectivity index (χ2v) is 7.41. The Balaban J connectivity index is 2.81. The maximum atomic E-state index is 11.4. The van der Waals surface area contributed by atoms with Gasteiger partial charge < -0.3 is 9.47 Å². The van der Waals surface area contributed by atoms with Gasteiger partial charge in [0.15, 0.2) is 0 Å². The Labute approximate surface area is 125 Å². The molecule has 0 aliphatic heterocycles. The van der Waals surface area contributed by atoms with Gasteiger partial charge in [-0.05, 0) is 42.5 Å². The Morgan fingerprint density at radius 3 is 2.40 bits per heavy atom. The Morgan fingerprint density at radius 1 is 1.20 bits per heavy atom. The second-order valence-electron chi connectivity index (χ2n) is 4.84. The predicted octanol–water partition coefficient (Wildman–Crippen LogP) is 3.54. The fourth-order valence-corrected chi connectivity index (χ4v) is 2.58. The number of benzene rings is 1. The van der Waals surface area contributed by atoms with E-state index in [4.69, 9.17) is 20.2 Å². The molecule has 0 N–H and O–H groups in total. The first kappa shape index (κ1) is 17.3. The molecule has 114 valence electrons. The molecule has 0 aromatic heterocycles. The molecule has 0 fully saturated rings. The Morgan fingerprint density at radius 2 is 1.85 bits per heavy atom. The van der Waals surface area contributed by atoms with E-state index < -0.39 is 9.05 Å². The summed E-state index contributed by atoms with van der Waals surface area (Å²) >= 11 is 0. The lowest BCUT2D eigenvalue weighted by Gasteiger charge is -2.15. The van der Waals surface area contributed by atoms with E-state index in [2.05, 4.69) is 0 Å². The number of ether oxygens (including phenoxy) is 2. The molecule has 0 bridgehead atoms. The van der Waals surface area contributed by atoms with Gasteiger partial charge in [-0.3, -0.25) is 0 Å². The van der Waals surface area contributed by atoms with E-state index in [1.807, 2.05) is 13.8 Å². The summed E-state index contributed by atoms with van der Waals surface area (Å²) in [6.45, 7) is 5.26. The van der Waals surface area contributed by atoms with Crippen molar-refractivity contribution < 1.29 is 17.9 Å². The summed E-state index contributed by atoms with van der Waals surface area (Å²) in [5.74, 6) is 0.865. The van der Waals surface area contributed by atoms with E-state index in [1.54, 1.807) is 19.2 Å². The fraction of sp³-hybridized carbons (Fsp3) is 0.571. The van der Waals surface area contributed by atoms with Gasteiger partial charge in [0.1, 0.15) is 5.75 Å². The average molecular weight is 321 g/mol. The summed E-state index contributed by atoms with van der Waals surface area (Å²) in [4.78, 5) is 0.106. The highest BCUT2D eigenvalue weighted by atomic mass is 35.7. The van der Waals surface area contributed by atoms with Crippen LogP contribution in [0, 0.1) is 0 Å². The van der Waals surface area contributed by atoms with Gasteiger partial charge in [-0.15, -0.1) is 0 Å². The van der Waals surface area contributed by atoms with Crippen LogP contribution in [0.1, 0.15) is 38.2 Å². The first-order chi connectivity index (χ1) is 9.36. The van der Waals surface area contributed by atoms with Crippen molar-refractivity contribution >= 4 is 19.7 Å². The third-order valence-electron chi connectivity index (χ3n) is 2.89. The van der Waals surface area contributed by atoms with Crippen LogP contribution in [-0.4, -0.2) is 28.7 Å². The largest absolute Gasteiger partial charge is 0.493 e. The molecule has 0 radical (unpaired) electrons. The van der Waals surface area contributed by atoms with Gasteiger partial charge in [0.2, 0.25) is 0 Å². The summed E-state index contributed by atoms with van der Waals surface area (Å²) in [5, 5.41) is 0. The van der Waals surface area contributed by atoms with E-state index in [9.17, 15) is 8.42 Å². The van der Waals surface area contributed by atoms with Crippen molar-refractivity contribution in [2.24, 2.45) is 0 Å². The number of methoxy groups -OCH3 is 1. The molecule has 0 spiro atoms. The smallest absolute Gasteiger partial charge is 0.261 e. The topological polar surface area (TPSA) is 52.6 Å². The molecule has 0 heterocycles. The zero-order valence-electron chi connectivity index (χ0n) is 12.1. The highest BCUT2D eigenvalue weighted by Crippen LogP contribution is 2.30. The maximum absolute atomic E-state index is 11.4. The quantitative estimate of drug-likeness (QED) is 0.543. The van der Waals surface area contributed by atoms with Crippen LogP contribution in [0.5, 0.6) is 5.75 Å². The van der Waals surface area contributed by atoms with Crippen molar-refractivity contribution in [2.45, 2.75) is 37.5 Å². The van der Waals surface area contributed by atoms with Gasteiger partial charge in [0.25, 0.3) is 9.05 Å². The zero-order valence-corrected chi connectivity index (χ0v) is 13.6. The molecule has 1 rings (SSSR count). The minimum Gasteiger partial charge on any atom is -0.493 e. The first-order valence-electron chi connectivity index (χ1n) is 6.56. The molecule has 0 aliphatic rings. The van der Waals surface area contributed by atoms with Gasteiger partial charge >= 0.3 is 0 Å². The monoisotopic (exact) mass is 320 g/mol. The van der Waals surface area contributed by atoms with E-state index >= 15 is 0 Å². The van der Waals surface area contributed by atoms with Gasteiger partial charge in [-0.1, -0.05) is 13.8 Å². The average Bonchev–Trinajstić information content (AvgIpc) is 2.37. The number of rotatable bonds is 8. The lowest BCUT2D eigenvalue weighted by molar-refractivity contribution is 0.184. The minimum atomic E-state index is -3.71. The molecule has 0 atom stereocenters. The Bertz CT molecular complexity index is 526. The Kier molecular flexibility index (Phi) is 6.79. The van der Waals surface area contributed by atoms with Crippen LogP contribution in [0.25, 0.3) is 0 Å². The van der Waals surface area contributed by atoms with Gasteiger partial charge in [0, 0.05) is 24.4 Å². The van der Waals surface area contributed by atoms with Crippen LogP contribution in [0.3, 0.4) is 0 Å². The molecule has 0 unspecified atom stereocenters. The summed E-state index contributed by atoms with van der Waals surface area (Å²) in [7, 11) is 3.33. The molecule has 1 aromatic rings. The third-order valence-corrected chi connectivity index (χ3v) is 4.24. The van der Waals surface area contributed by atoms with Crippen molar-refractivity contribution in [3.63, 3.8) is 0 Å². The van der Waals surface area contributed by atoms with Gasteiger partial charge in [0.05, 0.1) is 11.5 Å². The third kappa shape index (κ3) is 5.31. The van der Waals surface area contributed by atoms with Crippen molar-refractivity contribution in [3.05, 3.63) is 23.8 Å². The van der Waals surface area contributed by atoms with Crippen LogP contribution in [0.2, 0.25) is 0 Å². The van der Waals surface area contributed by atoms with Crippen LogP contribution >= 0.6 is 10.7 Å². The first-order valence-corrected chi connectivity index (χ1v) is 8.87.